The molecule has 2 aromatic rings. The van der Waals surface area contributed by atoms with Crippen molar-refractivity contribution in [3.8, 4) is 5.75 Å². The van der Waals surface area contributed by atoms with Crippen molar-refractivity contribution in [3.63, 3.8) is 0 Å². The minimum Gasteiger partial charge on any atom is -0.507 e. The minimum atomic E-state index is -2.96. The number of Topliss-reactive ketones (excluding diaryl/α,β-unsaturated/α-hetero) is 4. The second-order valence-electron chi connectivity index (χ2n) is 10.2. The van der Waals surface area contributed by atoms with Crippen molar-refractivity contribution in [2.75, 3.05) is 0 Å². The lowest BCUT2D eigenvalue weighted by molar-refractivity contribution is -0.185. The molecule has 0 aliphatic heterocycles. The summed E-state index contributed by atoms with van der Waals surface area (Å²) < 4.78 is 0. The van der Waals surface area contributed by atoms with Crippen LogP contribution in [0.4, 0.5) is 0 Å². The number of fused-ring (bicyclic) bond motifs is 3. The van der Waals surface area contributed by atoms with Crippen molar-refractivity contribution in [3.05, 3.63) is 64.2 Å². The first-order chi connectivity index (χ1) is 17.4. The van der Waals surface area contributed by atoms with E-state index in [0.717, 1.165) is 11.1 Å². The van der Waals surface area contributed by atoms with Crippen LogP contribution in [0.2, 0.25) is 0 Å². The lowest BCUT2D eigenvalue weighted by Crippen LogP contribution is -2.72. The predicted octanol–water partition coefficient (Wildman–Crippen LogP) is 0.913. The van der Waals surface area contributed by atoms with Gasteiger partial charge >= 0.3 is 0 Å². The topological polar surface area (TPSA) is 172 Å². The maximum absolute atomic E-state index is 13.8. The number of phenols is 1. The highest BCUT2D eigenvalue weighted by Crippen LogP contribution is 2.54. The number of hydrogen-bond acceptors (Lipinski definition) is 8. The molecule has 190 valence electrons. The molecule has 3 aliphatic carbocycles. The van der Waals surface area contributed by atoms with Crippen LogP contribution in [0.1, 0.15) is 39.0 Å². The van der Waals surface area contributed by atoms with Crippen LogP contribution in [0.15, 0.2) is 36.4 Å². The van der Waals surface area contributed by atoms with E-state index in [1.165, 1.54) is 12.1 Å². The summed E-state index contributed by atoms with van der Waals surface area (Å²) in [5.74, 6) is -12.7. The van der Waals surface area contributed by atoms with Gasteiger partial charge in [0.2, 0.25) is 5.91 Å². The summed E-state index contributed by atoms with van der Waals surface area (Å²) in [5.41, 5.74) is 5.32. The number of aliphatic hydroxyl groups excluding tert-OH is 1. The Bertz CT molecular complexity index is 1440. The number of aliphatic hydroxyl groups is 2. The van der Waals surface area contributed by atoms with Gasteiger partial charge in [-0.2, -0.15) is 0 Å². The van der Waals surface area contributed by atoms with E-state index < -0.39 is 76.6 Å². The highest BCUT2D eigenvalue weighted by Gasteiger charge is 2.69. The molecule has 2 saturated carbocycles. The van der Waals surface area contributed by atoms with Gasteiger partial charge in [0.25, 0.3) is 0 Å². The number of amides is 1. The SMILES string of the molecule is Cc1cc(C)cc(C=C2c3cccc(O)c3C(=O)C3C(=O)[C@]4(O)C(=O)C(C(N)=O)C(=O)C[C@@H]4[C@@H](O)[C@H]23)c1. The number of aromatic hydroxyl groups is 1. The molecule has 0 bridgehead atoms. The molecule has 0 saturated heterocycles. The molecule has 0 heterocycles. The standard InChI is InChI=1S/C28H25NO8/c1-11-6-12(2)8-13(7-11)9-15-14-4-3-5-17(30)19(14)24(33)22-20(15)23(32)16-10-18(31)21(27(29)36)25(34)28(16,37)26(22)35/h3-9,16,20-23,30,32,37H,10H2,1-2H3,(H2,29,36)/t16-,20-,21?,22?,23-,28-/m1/s1. The molecule has 2 fully saturated rings. The smallest absolute Gasteiger partial charge is 0.235 e. The van der Waals surface area contributed by atoms with Crippen molar-refractivity contribution >= 4 is 40.7 Å². The number of aryl methyl sites for hydroxylation is 2. The van der Waals surface area contributed by atoms with Crippen LogP contribution < -0.4 is 5.73 Å². The second-order valence-corrected chi connectivity index (χ2v) is 10.2. The molecule has 9 nitrogen and oxygen atoms in total. The normalized spacial score (nSPS) is 32.1. The summed E-state index contributed by atoms with van der Waals surface area (Å²) in [4.78, 5) is 65.1. The zero-order chi connectivity index (χ0) is 27.0. The van der Waals surface area contributed by atoms with Gasteiger partial charge in [-0.3, -0.25) is 24.0 Å². The second kappa shape index (κ2) is 8.29. The van der Waals surface area contributed by atoms with Crippen LogP contribution in [0.3, 0.4) is 0 Å². The highest BCUT2D eigenvalue weighted by atomic mass is 16.3. The van der Waals surface area contributed by atoms with Gasteiger partial charge in [-0.1, -0.05) is 47.5 Å². The number of rotatable bonds is 2. The molecule has 1 amide bonds. The van der Waals surface area contributed by atoms with E-state index in [0.29, 0.717) is 16.7 Å². The molecule has 5 rings (SSSR count). The Hall–Kier alpha value is -3.95. The van der Waals surface area contributed by atoms with E-state index in [-0.39, 0.29) is 5.56 Å². The number of benzene rings is 2. The van der Waals surface area contributed by atoms with E-state index >= 15 is 0 Å². The number of nitrogens with two attached hydrogens (primary N) is 1. The predicted molar refractivity (Wildman–Crippen MR) is 130 cm³/mol. The summed E-state index contributed by atoms with van der Waals surface area (Å²) in [5, 5.41) is 33.5. The molecule has 0 aromatic heterocycles. The average Bonchev–Trinajstić information content (AvgIpc) is 2.80. The number of phenolic OH excluding ortho intramolecular Hbond substituents is 1. The Morgan fingerprint density at radius 3 is 2.32 bits per heavy atom. The fraction of sp³-hybridized carbons (Fsp3) is 0.321. The van der Waals surface area contributed by atoms with Crippen LogP contribution in [-0.4, -0.2) is 56.1 Å². The molecule has 0 spiro atoms. The van der Waals surface area contributed by atoms with Gasteiger partial charge in [0.1, 0.15) is 5.75 Å². The average molecular weight is 504 g/mol. The number of carbonyl (C=O) groups is 5. The first-order valence-electron chi connectivity index (χ1n) is 11.9. The van der Waals surface area contributed by atoms with Gasteiger partial charge in [0.15, 0.2) is 34.7 Å². The molecule has 2 aromatic carbocycles. The lowest BCUT2D eigenvalue weighted by Gasteiger charge is -2.51. The maximum atomic E-state index is 13.8. The van der Waals surface area contributed by atoms with Gasteiger partial charge in [-0.05, 0) is 36.6 Å². The summed E-state index contributed by atoms with van der Waals surface area (Å²) in [7, 11) is 0. The van der Waals surface area contributed by atoms with Gasteiger partial charge < -0.3 is 21.1 Å². The fourth-order valence-electron chi connectivity index (χ4n) is 6.31. The van der Waals surface area contributed by atoms with Crippen LogP contribution >= 0.6 is 0 Å². The molecular weight excluding hydrogens is 478 g/mol. The number of ketones is 4. The third-order valence-corrected chi connectivity index (χ3v) is 7.81. The van der Waals surface area contributed by atoms with E-state index in [1.807, 2.05) is 32.0 Å². The Morgan fingerprint density at radius 2 is 1.70 bits per heavy atom. The van der Waals surface area contributed by atoms with Crippen molar-refractivity contribution in [2.24, 2.45) is 29.4 Å². The zero-order valence-corrected chi connectivity index (χ0v) is 20.1. The first-order valence-corrected chi connectivity index (χ1v) is 11.9. The Balaban J connectivity index is 1.76. The number of hydrogen-bond donors (Lipinski definition) is 4. The monoisotopic (exact) mass is 503 g/mol. The fourth-order valence-corrected chi connectivity index (χ4v) is 6.31. The van der Waals surface area contributed by atoms with E-state index in [9.17, 15) is 39.3 Å². The van der Waals surface area contributed by atoms with E-state index in [1.54, 1.807) is 12.1 Å². The summed E-state index contributed by atoms with van der Waals surface area (Å²) in [6.45, 7) is 3.80. The molecule has 6 atom stereocenters. The zero-order valence-electron chi connectivity index (χ0n) is 20.1. The maximum Gasteiger partial charge on any atom is 0.235 e. The quantitative estimate of drug-likeness (QED) is 0.438. The Morgan fingerprint density at radius 1 is 1.05 bits per heavy atom. The van der Waals surface area contributed by atoms with Crippen LogP contribution in [0.25, 0.3) is 11.6 Å². The summed E-state index contributed by atoms with van der Waals surface area (Å²) >= 11 is 0. The van der Waals surface area contributed by atoms with E-state index in [4.69, 9.17) is 5.73 Å². The highest BCUT2D eigenvalue weighted by molar-refractivity contribution is 6.32. The summed E-state index contributed by atoms with van der Waals surface area (Å²) in [6.07, 6.45) is -0.628. The minimum absolute atomic E-state index is 0.173. The third-order valence-electron chi connectivity index (χ3n) is 7.81. The Kier molecular flexibility index (Phi) is 5.54. The number of carbonyl (C=O) groups excluding carboxylic acids is 5. The molecule has 2 unspecified atom stereocenters. The molecular formula is C28H25NO8. The van der Waals surface area contributed by atoms with Gasteiger partial charge in [0, 0.05) is 18.3 Å². The van der Waals surface area contributed by atoms with Crippen LogP contribution in [0, 0.1) is 37.5 Å². The Labute approximate surface area is 211 Å². The molecule has 3 aliphatic rings. The first kappa shape index (κ1) is 24.7. The van der Waals surface area contributed by atoms with Gasteiger partial charge in [0.05, 0.1) is 17.6 Å². The van der Waals surface area contributed by atoms with E-state index in [2.05, 4.69) is 0 Å². The number of primary amides is 1. The molecule has 9 heteroatoms. The largest absolute Gasteiger partial charge is 0.507 e. The van der Waals surface area contributed by atoms with Crippen molar-refractivity contribution in [1.29, 1.82) is 0 Å². The third kappa shape index (κ3) is 3.42. The van der Waals surface area contributed by atoms with Crippen molar-refractivity contribution in [1.82, 2.24) is 0 Å². The molecule has 37 heavy (non-hydrogen) atoms. The molecule has 0 radical (unpaired) electrons. The van der Waals surface area contributed by atoms with Crippen molar-refractivity contribution < 1.29 is 39.3 Å². The summed E-state index contributed by atoms with van der Waals surface area (Å²) in [6, 6.07) is 10.1. The lowest BCUT2D eigenvalue weighted by atomic mass is 9.51. The van der Waals surface area contributed by atoms with Crippen LogP contribution in [-0.2, 0) is 19.2 Å². The van der Waals surface area contributed by atoms with Crippen molar-refractivity contribution in [2.45, 2.75) is 32.0 Å². The van der Waals surface area contributed by atoms with Gasteiger partial charge in [-0.25, -0.2) is 0 Å². The van der Waals surface area contributed by atoms with Crippen LogP contribution in [0.5, 0.6) is 5.75 Å². The molecule has 5 N–H and O–H groups in total. The van der Waals surface area contributed by atoms with Gasteiger partial charge in [-0.15, -0.1) is 0 Å².